The number of hydrogen-bond acceptors (Lipinski definition) is 3. The number of nitriles is 2. The van der Waals surface area contributed by atoms with Crippen molar-refractivity contribution in [3.05, 3.63) is 152 Å². The normalized spacial score (nSPS) is 14.2. The number of benzene rings is 3. The maximum atomic E-state index is 9.09. The fraction of sp³-hybridized carbons (Fsp3) is 0.132. The molecule has 1 N–H and O–H groups in total. The van der Waals surface area contributed by atoms with Gasteiger partial charge in [0, 0.05) is 11.3 Å². The van der Waals surface area contributed by atoms with E-state index in [1.165, 1.54) is 22.3 Å². The molecule has 0 fully saturated rings. The third-order valence-corrected chi connectivity index (χ3v) is 7.41. The highest BCUT2D eigenvalue weighted by Gasteiger charge is 2.23. The maximum absolute atomic E-state index is 9.09. The molecular weight excluding hydrogens is 512 g/mol. The Bertz CT molecular complexity index is 1880. The minimum absolute atomic E-state index is 0.646. The Balaban J connectivity index is 1.59. The van der Waals surface area contributed by atoms with Crippen LogP contribution >= 0.6 is 0 Å². The van der Waals surface area contributed by atoms with E-state index in [0.29, 0.717) is 11.1 Å². The number of hydrogen-bond donors (Lipinski definition) is 1. The van der Waals surface area contributed by atoms with Crippen molar-refractivity contribution >= 4 is 29.5 Å². The van der Waals surface area contributed by atoms with Gasteiger partial charge in [0.25, 0.3) is 0 Å². The molecule has 0 radical (unpaired) electrons. The number of nitrogens with one attached hydrogen (secondary N) is 1. The van der Waals surface area contributed by atoms with Crippen LogP contribution in [0, 0.1) is 50.4 Å². The summed E-state index contributed by atoms with van der Waals surface area (Å²) in [7, 11) is 0. The zero-order valence-electron chi connectivity index (χ0n) is 24.6. The van der Waals surface area contributed by atoms with Gasteiger partial charge >= 0.3 is 0 Å². The molecule has 1 aliphatic heterocycles. The number of rotatable bonds is 6. The zero-order chi connectivity index (χ0) is 29.8. The average molecular weight is 545 g/mol. The van der Waals surface area contributed by atoms with Gasteiger partial charge in [-0.25, -0.2) is 4.99 Å². The third kappa shape index (κ3) is 5.99. The smallest absolute Gasteiger partial charge is 0.0991 e. The van der Waals surface area contributed by atoms with E-state index in [1.807, 2.05) is 60.7 Å². The van der Waals surface area contributed by atoms with Gasteiger partial charge in [0.1, 0.15) is 0 Å². The molecule has 204 valence electrons. The Morgan fingerprint density at radius 3 is 1.79 bits per heavy atom. The van der Waals surface area contributed by atoms with Crippen molar-refractivity contribution < 1.29 is 0 Å². The summed E-state index contributed by atoms with van der Waals surface area (Å²) in [5.41, 5.74) is 15.4. The number of nitrogens with zero attached hydrogens (tertiary/aromatic N) is 3. The Kier molecular flexibility index (Phi) is 8.00. The van der Waals surface area contributed by atoms with Crippen LogP contribution in [0.3, 0.4) is 0 Å². The zero-order valence-corrected chi connectivity index (χ0v) is 24.6. The second-order valence-corrected chi connectivity index (χ2v) is 10.8. The molecule has 0 bridgehead atoms. The predicted octanol–water partition coefficient (Wildman–Crippen LogP) is 9.04. The molecule has 1 aliphatic rings. The number of aryl methyl sites for hydroxylation is 4. The quantitative estimate of drug-likeness (QED) is 0.263. The van der Waals surface area contributed by atoms with Gasteiger partial charge in [-0.2, -0.15) is 10.5 Å². The van der Waals surface area contributed by atoms with Crippen LogP contribution in [0.15, 0.2) is 95.1 Å². The fourth-order valence-corrected chi connectivity index (χ4v) is 5.45. The molecule has 0 amide bonds. The molecule has 4 aromatic rings. The summed E-state index contributed by atoms with van der Waals surface area (Å²) in [5, 5.41) is 18.2. The highest BCUT2D eigenvalue weighted by Crippen LogP contribution is 2.38. The molecule has 0 spiro atoms. The number of aromatic nitrogens is 1. The standard InChI is InChI=1S/C38H32N4/c1-24-18-25(2)35(26(3)19-24)36(37-27(4)20-33(41-37)16-14-29-6-10-31(22-39)11-7-29)38-28(5)21-34(42-38)17-15-30-8-12-32(23-40)13-9-30/h6-21,41H,1-5H3/b16-14+,17-15+,38-36-. The molecule has 0 saturated carbocycles. The lowest BCUT2D eigenvalue weighted by Crippen LogP contribution is -2.01. The van der Waals surface area contributed by atoms with E-state index in [4.69, 9.17) is 15.5 Å². The van der Waals surface area contributed by atoms with E-state index in [0.717, 1.165) is 50.6 Å². The van der Waals surface area contributed by atoms with Crippen molar-refractivity contribution in [1.82, 2.24) is 4.98 Å². The van der Waals surface area contributed by atoms with E-state index in [-0.39, 0.29) is 0 Å². The second-order valence-electron chi connectivity index (χ2n) is 10.8. The second kappa shape index (κ2) is 12.0. The number of aromatic amines is 1. The summed E-state index contributed by atoms with van der Waals surface area (Å²) in [6.45, 7) is 10.7. The molecule has 4 heteroatoms. The van der Waals surface area contributed by atoms with Gasteiger partial charge in [-0.3, -0.25) is 0 Å². The van der Waals surface area contributed by atoms with Crippen LogP contribution in [0.2, 0.25) is 0 Å². The van der Waals surface area contributed by atoms with E-state index in [1.54, 1.807) is 0 Å². The van der Waals surface area contributed by atoms with Gasteiger partial charge in [-0.1, -0.05) is 54.1 Å². The predicted molar refractivity (Wildman–Crippen MR) is 174 cm³/mol. The lowest BCUT2D eigenvalue weighted by molar-refractivity contribution is 1.22. The molecule has 0 saturated heterocycles. The van der Waals surface area contributed by atoms with Crippen LogP contribution in [0.5, 0.6) is 0 Å². The van der Waals surface area contributed by atoms with Gasteiger partial charge < -0.3 is 4.98 Å². The fourth-order valence-electron chi connectivity index (χ4n) is 5.45. The summed E-state index contributed by atoms with van der Waals surface area (Å²) in [4.78, 5) is 8.82. The highest BCUT2D eigenvalue weighted by molar-refractivity contribution is 6.11. The molecule has 1 aromatic heterocycles. The number of allylic oxidation sites excluding steroid dienone is 3. The first-order valence-electron chi connectivity index (χ1n) is 13.9. The topological polar surface area (TPSA) is 75.7 Å². The third-order valence-electron chi connectivity index (χ3n) is 7.41. The van der Waals surface area contributed by atoms with E-state index in [9.17, 15) is 0 Å². The van der Waals surface area contributed by atoms with Crippen molar-refractivity contribution in [3.8, 4) is 12.1 Å². The Morgan fingerprint density at radius 2 is 1.24 bits per heavy atom. The first kappa shape index (κ1) is 28.1. The SMILES string of the molecule is CC1=CC(/C=C/c2ccc(C#N)cc2)=NC/1=C(\c1[nH]c(/C=C/c2ccc(C#N)cc2)cc1C)c1c(C)cc(C)cc1C. The van der Waals surface area contributed by atoms with Gasteiger partial charge in [0.2, 0.25) is 0 Å². The molecule has 5 rings (SSSR count). The summed E-state index contributed by atoms with van der Waals surface area (Å²) >= 11 is 0. The molecule has 42 heavy (non-hydrogen) atoms. The minimum Gasteiger partial charge on any atom is -0.355 e. The monoisotopic (exact) mass is 544 g/mol. The first-order valence-corrected chi connectivity index (χ1v) is 13.9. The van der Waals surface area contributed by atoms with Crippen LogP contribution in [0.1, 0.15) is 68.4 Å². The first-order chi connectivity index (χ1) is 20.2. The van der Waals surface area contributed by atoms with Gasteiger partial charge in [0.15, 0.2) is 0 Å². The maximum Gasteiger partial charge on any atom is 0.0991 e. The molecule has 0 unspecified atom stereocenters. The van der Waals surface area contributed by atoms with E-state index in [2.05, 4.69) is 88.2 Å². The summed E-state index contributed by atoms with van der Waals surface area (Å²) in [5.74, 6) is 0. The van der Waals surface area contributed by atoms with Crippen LogP contribution in [0.25, 0.3) is 23.8 Å². The highest BCUT2D eigenvalue weighted by atomic mass is 14.8. The van der Waals surface area contributed by atoms with Crippen LogP contribution in [-0.2, 0) is 0 Å². The molecule has 0 atom stereocenters. The molecule has 4 nitrogen and oxygen atoms in total. The van der Waals surface area contributed by atoms with Crippen molar-refractivity contribution in [2.45, 2.75) is 34.6 Å². The van der Waals surface area contributed by atoms with Crippen molar-refractivity contribution in [2.75, 3.05) is 0 Å². The minimum atomic E-state index is 0.646. The van der Waals surface area contributed by atoms with Crippen molar-refractivity contribution in [3.63, 3.8) is 0 Å². The summed E-state index contributed by atoms with van der Waals surface area (Å²) in [6, 6.07) is 26.1. The van der Waals surface area contributed by atoms with E-state index < -0.39 is 0 Å². The van der Waals surface area contributed by atoms with Crippen molar-refractivity contribution in [1.29, 1.82) is 10.5 Å². The summed E-state index contributed by atoms with van der Waals surface area (Å²) < 4.78 is 0. The van der Waals surface area contributed by atoms with Gasteiger partial charge in [0.05, 0.1) is 40.4 Å². The van der Waals surface area contributed by atoms with Crippen LogP contribution in [-0.4, -0.2) is 10.7 Å². The molecule has 0 aliphatic carbocycles. The van der Waals surface area contributed by atoms with Crippen molar-refractivity contribution in [2.24, 2.45) is 4.99 Å². The Labute approximate surface area is 248 Å². The lowest BCUT2D eigenvalue weighted by atomic mass is 9.88. The molecule has 3 aromatic carbocycles. The van der Waals surface area contributed by atoms with Crippen LogP contribution in [0.4, 0.5) is 0 Å². The number of aliphatic imine (C=N–C) groups is 1. The Hall–Kier alpha value is -5.45. The molecular formula is C38H32N4. The lowest BCUT2D eigenvalue weighted by Gasteiger charge is -2.18. The molecule has 2 heterocycles. The number of H-pyrrole nitrogens is 1. The van der Waals surface area contributed by atoms with Gasteiger partial charge in [-0.05, 0) is 122 Å². The van der Waals surface area contributed by atoms with E-state index >= 15 is 0 Å². The Morgan fingerprint density at radius 1 is 0.690 bits per heavy atom. The average Bonchev–Trinajstić information content (AvgIpc) is 3.54. The summed E-state index contributed by atoms with van der Waals surface area (Å²) in [6.07, 6.45) is 10.3. The van der Waals surface area contributed by atoms with Crippen LogP contribution < -0.4 is 0 Å². The van der Waals surface area contributed by atoms with Gasteiger partial charge in [-0.15, -0.1) is 0 Å². The largest absolute Gasteiger partial charge is 0.355 e.